The van der Waals surface area contributed by atoms with E-state index in [1.165, 1.54) is 12.1 Å². The van der Waals surface area contributed by atoms with Crippen LogP contribution in [0.2, 0.25) is 0 Å². The molecule has 0 bridgehead atoms. The van der Waals surface area contributed by atoms with Gasteiger partial charge in [0.2, 0.25) is 0 Å². The van der Waals surface area contributed by atoms with Crippen molar-refractivity contribution < 1.29 is 17.6 Å². The molecule has 18 heavy (non-hydrogen) atoms. The van der Waals surface area contributed by atoms with E-state index in [1.807, 2.05) is 0 Å². The van der Waals surface area contributed by atoms with Crippen molar-refractivity contribution in [3.63, 3.8) is 0 Å². The topological polar surface area (TPSA) is 12.0 Å². The molecule has 0 amide bonds. The molecule has 100 valence electrons. The minimum atomic E-state index is -4.11. The standard InChI is InChI=1S/C13H15F4N/c14-11-3-1-9(2-4-11)7-12-8-10(5-6-18-12)13(15,16)17/h1-4,10,12,18H,5-8H2. The van der Waals surface area contributed by atoms with Gasteiger partial charge in [-0.25, -0.2) is 4.39 Å². The first kappa shape index (κ1) is 13.3. The van der Waals surface area contributed by atoms with Crippen LogP contribution in [-0.2, 0) is 6.42 Å². The Kier molecular flexibility index (Phi) is 3.90. The van der Waals surface area contributed by atoms with E-state index in [0.717, 1.165) is 5.56 Å². The van der Waals surface area contributed by atoms with Gasteiger partial charge in [-0.3, -0.25) is 0 Å². The Morgan fingerprint density at radius 1 is 1.17 bits per heavy atom. The highest BCUT2D eigenvalue weighted by molar-refractivity contribution is 5.17. The van der Waals surface area contributed by atoms with Crippen LogP contribution in [0.3, 0.4) is 0 Å². The van der Waals surface area contributed by atoms with Crippen LogP contribution >= 0.6 is 0 Å². The quantitative estimate of drug-likeness (QED) is 0.805. The Morgan fingerprint density at radius 3 is 2.44 bits per heavy atom. The summed E-state index contributed by atoms with van der Waals surface area (Å²) >= 11 is 0. The predicted octanol–water partition coefficient (Wildman–Crippen LogP) is 3.30. The highest BCUT2D eigenvalue weighted by Crippen LogP contribution is 2.34. The smallest absolute Gasteiger partial charge is 0.314 e. The normalized spacial score (nSPS) is 25.1. The SMILES string of the molecule is Fc1ccc(CC2CC(C(F)(F)F)CCN2)cc1. The molecule has 1 fully saturated rings. The van der Waals surface area contributed by atoms with Gasteiger partial charge in [-0.05, 0) is 43.5 Å². The van der Waals surface area contributed by atoms with Crippen molar-refractivity contribution in [2.75, 3.05) is 6.54 Å². The minimum Gasteiger partial charge on any atom is -0.314 e. The Balaban J connectivity index is 1.95. The van der Waals surface area contributed by atoms with Crippen molar-refractivity contribution in [1.82, 2.24) is 5.32 Å². The maximum Gasteiger partial charge on any atom is 0.391 e. The Hall–Kier alpha value is -1.10. The molecule has 0 saturated carbocycles. The minimum absolute atomic E-state index is 0.0981. The van der Waals surface area contributed by atoms with Gasteiger partial charge in [-0.1, -0.05) is 12.1 Å². The molecule has 1 aromatic carbocycles. The summed E-state index contributed by atoms with van der Waals surface area (Å²) in [6.45, 7) is 0.385. The van der Waals surface area contributed by atoms with E-state index < -0.39 is 12.1 Å². The summed E-state index contributed by atoms with van der Waals surface area (Å²) in [5.74, 6) is -1.55. The predicted molar refractivity (Wildman–Crippen MR) is 60.7 cm³/mol. The maximum atomic E-state index is 12.7. The van der Waals surface area contributed by atoms with Crippen LogP contribution in [0.1, 0.15) is 18.4 Å². The molecule has 1 N–H and O–H groups in total. The Bertz CT molecular complexity index is 385. The molecular weight excluding hydrogens is 246 g/mol. The molecule has 2 atom stereocenters. The van der Waals surface area contributed by atoms with E-state index in [1.54, 1.807) is 12.1 Å². The molecule has 0 spiro atoms. The third-order valence-corrected chi connectivity index (χ3v) is 3.35. The van der Waals surface area contributed by atoms with E-state index >= 15 is 0 Å². The number of hydrogen-bond acceptors (Lipinski definition) is 1. The highest BCUT2D eigenvalue weighted by atomic mass is 19.4. The molecule has 0 aromatic heterocycles. The highest BCUT2D eigenvalue weighted by Gasteiger charge is 2.41. The van der Waals surface area contributed by atoms with E-state index in [2.05, 4.69) is 5.32 Å². The van der Waals surface area contributed by atoms with Crippen LogP contribution in [0, 0.1) is 11.7 Å². The Morgan fingerprint density at radius 2 is 1.83 bits per heavy atom. The molecular formula is C13H15F4N. The second-order valence-corrected chi connectivity index (χ2v) is 4.74. The summed E-state index contributed by atoms with van der Waals surface area (Å²) in [5.41, 5.74) is 0.858. The average molecular weight is 261 g/mol. The molecule has 2 unspecified atom stereocenters. The summed E-state index contributed by atoms with van der Waals surface area (Å²) in [7, 11) is 0. The van der Waals surface area contributed by atoms with Crippen molar-refractivity contribution in [3.8, 4) is 0 Å². The molecule has 1 aliphatic heterocycles. The molecule has 0 radical (unpaired) electrons. The zero-order valence-corrected chi connectivity index (χ0v) is 9.80. The third kappa shape index (κ3) is 3.45. The van der Waals surface area contributed by atoms with Gasteiger partial charge < -0.3 is 5.32 Å². The monoisotopic (exact) mass is 261 g/mol. The van der Waals surface area contributed by atoms with Gasteiger partial charge in [-0.2, -0.15) is 13.2 Å². The molecule has 0 aliphatic carbocycles. The van der Waals surface area contributed by atoms with Gasteiger partial charge in [0, 0.05) is 6.04 Å². The van der Waals surface area contributed by atoms with Crippen molar-refractivity contribution in [2.24, 2.45) is 5.92 Å². The van der Waals surface area contributed by atoms with Crippen molar-refractivity contribution in [2.45, 2.75) is 31.5 Å². The van der Waals surface area contributed by atoms with Gasteiger partial charge in [0.25, 0.3) is 0 Å². The van der Waals surface area contributed by atoms with Crippen molar-refractivity contribution in [1.29, 1.82) is 0 Å². The van der Waals surface area contributed by atoms with Gasteiger partial charge in [0.15, 0.2) is 0 Å². The first-order valence-electron chi connectivity index (χ1n) is 5.99. The number of halogens is 4. The van der Waals surface area contributed by atoms with Crippen LogP contribution < -0.4 is 5.32 Å². The fourth-order valence-corrected chi connectivity index (χ4v) is 2.36. The summed E-state index contributed by atoms with van der Waals surface area (Å²) < 4.78 is 50.6. The van der Waals surface area contributed by atoms with Crippen LogP contribution in [0.5, 0.6) is 0 Å². The summed E-state index contributed by atoms with van der Waals surface area (Å²) in [6, 6.07) is 5.72. The lowest BCUT2D eigenvalue weighted by Gasteiger charge is -2.31. The van der Waals surface area contributed by atoms with E-state index in [4.69, 9.17) is 0 Å². The number of hydrogen-bond donors (Lipinski definition) is 1. The van der Waals surface area contributed by atoms with Crippen LogP contribution in [0.15, 0.2) is 24.3 Å². The first-order chi connectivity index (χ1) is 8.45. The Labute approximate surface area is 103 Å². The number of rotatable bonds is 2. The lowest BCUT2D eigenvalue weighted by atomic mass is 9.89. The molecule has 5 heteroatoms. The molecule has 1 nitrogen and oxygen atoms in total. The summed E-state index contributed by atoms with van der Waals surface area (Å²) in [5, 5.41) is 3.09. The fourth-order valence-electron chi connectivity index (χ4n) is 2.36. The van der Waals surface area contributed by atoms with E-state index in [0.29, 0.717) is 13.0 Å². The second kappa shape index (κ2) is 5.26. The van der Waals surface area contributed by atoms with Gasteiger partial charge in [0.1, 0.15) is 5.82 Å². The second-order valence-electron chi connectivity index (χ2n) is 4.74. The number of nitrogens with one attached hydrogen (secondary N) is 1. The zero-order valence-electron chi connectivity index (χ0n) is 9.80. The molecule has 1 heterocycles. The third-order valence-electron chi connectivity index (χ3n) is 3.35. The average Bonchev–Trinajstić information content (AvgIpc) is 2.31. The van der Waals surface area contributed by atoms with Crippen LogP contribution in [-0.4, -0.2) is 18.8 Å². The lowest BCUT2D eigenvalue weighted by Crippen LogP contribution is -2.43. The van der Waals surface area contributed by atoms with Gasteiger partial charge in [-0.15, -0.1) is 0 Å². The van der Waals surface area contributed by atoms with E-state index in [-0.39, 0.29) is 24.7 Å². The largest absolute Gasteiger partial charge is 0.391 e. The molecule has 2 rings (SSSR count). The zero-order chi connectivity index (χ0) is 13.2. The maximum absolute atomic E-state index is 12.7. The number of benzene rings is 1. The number of alkyl halides is 3. The number of piperidine rings is 1. The summed E-state index contributed by atoms with van der Waals surface area (Å²) in [6.07, 6.45) is -3.36. The fraction of sp³-hybridized carbons (Fsp3) is 0.538. The van der Waals surface area contributed by atoms with Crippen LogP contribution in [0.25, 0.3) is 0 Å². The van der Waals surface area contributed by atoms with Crippen molar-refractivity contribution in [3.05, 3.63) is 35.6 Å². The van der Waals surface area contributed by atoms with Crippen molar-refractivity contribution >= 4 is 0 Å². The first-order valence-corrected chi connectivity index (χ1v) is 5.99. The van der Waals surface area contributed by atoms with Crippen LogP contribution in [0.4, 0.5) is 17.6 Å². The lowest BCUT2D eigenvalue weighted by molar-refractivity contribution is -0.183. The summed E-state index contributed by atoms with van der Waals surface area (Å²) in [4.78, 5) is 0. The molecule has 1 saturated heterocycles. The van der Waals surface area contributed by atoms with E-state index in [9.17, 15) is 17.6 Å². The van der Waals surface area contributed by atoms with Gasteiger partial charge in [0.05, 0.1) is 5.92 Å². The van der Waals surface area contributed by atoms with Gasteiger partial charge >= 0.3 is 6.18 Å². The molecule has 1 aliphatic rings. The molecule has 1 aromatic rings.